The van der Waals surface area contributed by atoms with Gasteiger partial charge in [0.1, 0.15) is 42.0 Å². The number of fused-ring (bicyclic) bond motifs is 5. The lowest BCUT2D eigenvalue weighted by Gasteiger charge is -2.67. The highest BCUT2D eigenvalue weighted by molar-refractivity contribution is 5.92. The number of rotatable bonds is 7. The molecular weight excluding hydrogens is 774 g/mol. The molecule has 0 radical (unpaired) electrons. The largest absolute Gasteiger partial charge is 0.465 e. The lowest BCUT2D eigenvalue weighted by Crippen LogP contribution is -2.89. The van der Waals surface area contributed by atoms with Crippen molar-refractivity contribution in [1.29, 1.82) is 0 Å². The first-order chi connectivity index (χ1) is 26.8. The van der Waals surface area contributed by atoms with E-state index in [0.717, 1.165) is 61.6 Å². The first kappa shape index (κ1) is 43.9. The third-order valence-electron chi connectivity index (χ3n) is 11.6. The van der Waals surface area contributed by atoms with E-state index in [9.17, 15) is 48.6 Å². The van der Waals surface area contributed by atoms with Gasteiger partial charge in [-0.1, -0.05) is 6.92 Å². The number of cyclic esters (lactones) is 1. The van der Waals surface area contributed by atoms with Gasteiger partial charge < -0.3 is 52.8 Å². The van der Waals surface area contributed by atoms with Gasteiger partial charge in [-0.3, -0.25) is 33.8 Å². The average Bonchev–Trinajstić information content (AvgIpc) is 3.32. The molecule has 1 saturated heterocycles. The first-order valence-corrected chi connectivity index (χ1v) is 18.3. The van der Waals surface area contributed by atoms with E-state index >= 15 is 0 Å². The third-order valence-corrected chi connectivity index (χ3v) is 11.6. The Morgan fingerprint density at radius 2 is 1.29 bits per heavy atom. The number of nitrogens with zero attached hydrogens (tertiary/aromatic N) is 1. The van der Waals surface area contributed by atoms with Crippen molar-refractivity contribution >= 4 is 47.8 Å². The van der Waals surface area contributed by atoms with Crippen molar-refractivity contribution in [3.63, 3.8) is 0 Å². The van der Waals surface area contributed by atoms with Gasteiger partial charge in [0.25, 0.3) is 0 Å². The monoisotopic (exact) mass is 821 g/mol. The van der Waals surface area contributed by atoms with Crippen molar-refractivity contribution in [3.05, 3.63) is 29.6 Å². The second kappa shape index (κ2) is 15.2. The number of aliphatic hydroxyl groups is 2. The van der Waals surface area contributed by atoms with Crippen LogP contribution in [0.4, 0.5) is 0 Å². The highest BCUT2D eigenvalue weighted by Gasteiger charge is 2.92. The van der Waals surface area contributed by atoms with Crippen molar-refractivity contribution in [3.8, 4) is 0 Å². The van der Waals surface area contributed by atoms with Crippen molar-refractivity contribution in [2.75, 3.05) is 13.2 Å². The molecule has 2 aliphatic carbocycles. The van der Waals surface area contributed by atoms with E-state index in [4.69, 9.17) is 42.6 Å². The summed E-state index contributed by atoms with van der Waals surface area (Å²) in [5.41, 5.74) is -13.3. The fraction of sp³-hybridized carbons (Fsp3) is 0.658. The van der Waals surface area contributed by atoms with Gasteiger partial charge in [-0.25, -0.2) is 9.59 Å². The van der Waals surface area contributed by atoms with Crippen molar-refractivity contribution < 1.29 is 91.2 Å². The molecule has 4 bridgehead atoms. The molecule has 58 heavy (non-hydrogen) atoms. The second-order valence-corrected chi connectivity index (χ2v) is 15.6. The summed E-state index contributed by atoms with van der Waals surface area (Å²) in [6.07, 6.45) is -10.1. The maximum Gasteiger partial charge on any atom is 0.340 e. The Morgan fingerprint density at radius 1 is 0.776 bits per heavy atom. The molecule has 20 heteroatoms. The second-order valence-electron chi connectivity index (χ2n) is 15.6. The van der Waals surface area contributed by atoms with Gasteiger partial charge in [-0.15, -0.1) is 0 Å². The van der Waals surface area contributed by atoms with Gasteiger partial charge >= 0.3 is 47.8 Å². The van der Waals surface area contributed by atoms with E-state index in [1.165, 1.54) is 26.1 Å². The Hall–Kier alpha value is -5.21. The van der Waals surface area contributed by atoms with E-state index in [2.05, 4.69) is 4.98 Å². The number of hydrogen-bond acceptors (Lipinski definition) is 20. The zero-order valence-electron chi connectivity index (χ0n) is 33.5. The molecule has 2 N–H and O–H groups in total. The van der Waals surface area contributed by atoms with Crippen LogP contribution < -0.4 is 0 Å². The molecule has 3 heterocycles. The lowest BCUT2D eigenvalue weighted by atomic mass is 9.45. The average molecular weight is 822 g/mol. The predicted octanol–water partition coefficient (Wildman–Crippen LogP) is 0.148. The van der Waals surface area contributed by atoms with Gasteiger partial charge in [-0.05, 0) is 32.4 Å². The van der Waals surface area contributed by atoms with Crippen LogP contribution in [0.3, 0.4) is 0 Å². The molecule has 3 fully saturated rings. The molecule has 318 valence electrons. The molecule has 1 aromatic heterocycles. The quantitative estimate of drug-likeness (QED) is 0.274. The standard InChI is InChI=1S/C38H47NO19/c1-16-23-11-12-39-13-24(23)32(46)51-14-34(8)25-26(52-18(3)41)30(55-21(6)44)37(15-50-17(2)40)31(56-22(7)45)27(53-19(4)42)29(57-33(47)35(16,9)48)36(10,49)38(37,58-34)28(25)54-20(5)43/h11-13,16,25-31,48-49H,14-15H2,1-10H3/t16-,25+,26+,27-,28+,29-,30+,31-,34-,35-,36-,37+,38-/m0/s1. The van der Waals surface area contributed by atoms with Crippen molar-refractivity contribution in [1.82, 2.24) is 4.98 Å². The van der Waals surface area contributed by atoms with E-state index in [-0.39, 0.29) is 11.1 Å². The molecule has 5 rings (SSSR count). The Bertz CT molecular complexity index is 1910. The summed E-state index contributed by atoms with van der Waals surface area (Å²) in [4.78, 5) is 111. The molecule has 2 saturated carbocycles. The number of pyridine rings is 1. The van der Waals surface area contributed by atoms with E-state index in [0.29, 0.717) is 0 Å². The summed E-state index contributed by atoms with van der Waals surface area (Å²) in [6, 6.07) is 1.35. The topological polar surface area (TPSA) is 273 Å². The maximum absolute atomic E-state index is 14.4. The van der Waals surface area contributed by atoms with E-state index in [1.807, 2.05) is 0 Å². The SMILES string of the molecule is CC(=O)OC[C@]12[C@H](OC(C)=O)[C@H](OC(C)=O)[C@@H]3[C@@H](OC(C)=O)[C@@]14O[C@@]3(C)COC(=O)c1cnccc1[C@H](C)[C@](C)(O)C(=O)O[C@@H]([C@H](OC(C)=O)[C@@H]2OC(C)=O)[C@]4(C)O. The van der Waals surface area contributed by atoms with E-state index < -0.39 is 137 Å². The van der Waals surface area contributed by atoms with Gasteiger partial charge in [0.15, 0.2) is 35.6 Å². The lowest BCUT2D eigenvalue weighted by molar-refractivity contribution is -0.387. The molecule has 13 atom stereocenters. The fourth-order valence-electron chi connectivity index (χ4n) is 9.29. The predicted molar refractivity (Wildman–Crippen MR) is 187 cm³/mol. The molecule has 0 aromatic carbocycles. The Labute approximate surface area is 332 Å². The number of carbonyl (C=O) groups excluding carboxylic acids is 8. The number of esters is 8. The highest BCUT2D eigenvalue weighted by atomic mass is 16.7. The fourth-order valence-corrected chi connectivity index (χ4v) is 9.29. The minimum atomic E-state index is -2.94. The van der Waals surface area contributed by atoms with Crippen LogP contribution in [0.1, 0.15) is 91.1 Å². The van der Waals surface area contributed by atoms with Gasteiger partial charge in [-0.2, -0.15) is 0 Å². The Kier molecular flexibility index (Phi) is 11.5. The summed E-state index contributed by atoms with van der Waals surface area (Å²) in [6.45, 7) is 8.63. The van der Waals surface area contributed by atoms with Gasteiger partial charge in [0.05, 0.1) is 11.5 Å². The van der Waals surface area contributed by atoms with Crippen LogP contribution in [-0.4, -0.2) is 135 Å². The molecular formula is C38H47NO19. The van der Waals surface area contributed by atoms with Crippen molar-refractivity contribution in [2.45, 2.75) is 134 Å². The van der Waals surface area contributed by atoms with Crippen molar-refractivity contribution in [2.24, 2.45) is 11.3 Å². The third kappa shape index (κ3) is 6.83. The summed E-state index contributed by atoms with van der Waals surface area (Å²) in [7, 11) is 0. The number of carbonyl (C=O) groups is 8. The van der Waals surface area contributed by atoms with Crippen LogP contribution in [0.15, 0.2) is 18.5 Å². The Balaban J connectivity index is 2.03. The number of ether oxygens (including phenoxy) is 9. The normalized spacial score (nSPS) is 39.0. The molecule has 2 aliphatic heterocycles. The smallest absolute Gasteiger partial charge is 0.340 e. The van der Waals surface area contributed by atoms with Gasteiger partial charge in [0, 0.05) is 59.9 Å². The van der Waals surface area contributed by atoms with Crippen LogP contribution in [0.25, 0.3) is 0 Å². The number of hydrogen-bond donors (Lipinski definition) is 2. The first-order valence-electron chi connectivity index (χ1n) is 18.3. The molecule has 1 aromatic rings. The van der Waals surface area contributed by atoms with Crippen LogP contribution in [-0.2, 0) is 76.2 Å². The van der Waals surface area contributed by atoms with Crippen LogP contribution >= 0.6 is 0 Å². The highest BCUT2D eigenvalue weighted by Crippen LogP contribution is 2.70. The Morgan fingerprint density at radius 3 is 1.83 bits per heavy atom. The molecule has 0 unspecified atom stereocenters. The minimum Gasteiger partial charge on any atom is -0.465 e. The summed E-state index contributed by atoms with van der Waals surface area (Å²) >= 11 is 0. The zero-order chi connectivity index (χ0) is 43.5. The molecule has 1 spiro atoms. The van der Waals surface area contributed by atoms with Crippen LogP contribution in [0.5, 0.6) is 0 Å². The zero-order valence-corrected chi connectivity index (χ0v) is 33.5. The maximum atomic E-state index is 14.4. The molecule has 20 nitrogen and oxygen atoms in total. The summed E-state index contributed by atoms with van der Waals surface area (Å²) in [5.74, 6) is -11.8. The van der Waals surface area contributed by atoms with Crippen LogP contribution in [0, 0.1) is 11.3 Å². The number of aromatic nitrogens is 1. The van der Waals surface area contributed by atoms with Crippen LogP contribution in [0.2, 0.25) is 0 Å². The van der Waals surface area contributed by atoms with Gasteiger partial charge in [0.2, 0.25) is 0 Å². The summed E-state index contributed by atoms with van der Waals surface area (Å²) in [5, 5.41) is 25.3. The minimum absolute atomic E-state index is 0.0577. The van der Waals surface area contributed by atoms with E-state index in [1.54, 1.807) is 0 Å². The molecule has 4 aliphatic rings. The summed E-state index contributed by atoms with van der Waals surface area (Å²) < 4.78 is 53.9. The molecule has 0 amide bonds.